The van der Waals surface area contributed by atoms with Gasteiger partial charge in [-0.15, -0.1) is 0 Å². The molecule has 0 heterocycles. The molecule has 0 atom stereocenters. The Bertz CT molecular complexity index is 742. The summed E-state index contributed by atoms with van der Waals surface area (Å²) >= 11 is 0. The first-order chi connectivity index (χ1) is 9.54. The summed E-state index contributed by atoms with van der Waals surface area (Å²) in [5.74, 6) is 0. The van der Waals surface area contributed by atoms with E-state index in [1.54, 1.807) is 49.5 Å². The number of fused-ring (bicyclic) bond motifs is 1. The Labute approximate surface area is 116 Å². The molecule has 0 fully saturated rings. The van der Waals surface area contributed by atoms with E-state index in [2.05, 4.69) is 0 Å². The third kappa shape index (κ3) is 2.45. The quantitative estimate of drug-likeness (QED) is 0.486. The molecule has 0 aliphatic rings. The SMILES string of the molecule is CN(C)/C=C(\C#N)c1ccc2ccccc2c1[N+](=O)[O-]. The number of nitriles is 1. The molecule has 2 aromatic rings. The van der Waals surface area contributed by atoms with E-state index < -0.39 is 4.92 Å². The molecule has 0 saturated heterocycles. The highest BCUT2D eigenvalue weighted by atomic mass is 16.6. The molecule has 5 heteroatoms. The van der Waals surface area contributed by atoms with Crippen molar-refractivity contribution in [2.24, 2.45) is 0 Å². The topological polar surface area (TPSA) is 70.2 Å². The van der Waals surface area contributed by atoms with Crippen LogP contribution in [0.15, 0.2) is 42.6 Å². The van der Waals surface area contributed by atoms with Crippen LogP contribution in [0.1, 0.15) is 5.56 Å². The summed E-state index contributed by atoms with van der Waals surface area (Å²) in [7, 11) is 3.54. The van der Waals surface area contributed by atoms with Gasteiger partial charge in [-0.05, 0) is 17.5 Å². The number of benzene rings is 2. The van der Waals surface area contributed by atoms with Crippen LogP contribution >= 0.6 is 0 Å². The van der Waals surface area contributed by atoms with Gasteiger partial charge >= 0.3 is 0 Å². The van der Waals surface area contributed by atoms with Crippen LogP contribution in [0.4, 0.5) is 5.69 Å². The second-order valence-corrected chi connectivity index (χ2v) is 4.56. The molecular weight excluding hydrogens is 254 g/mol. The van der Waals surface area contributed by atoms with Gasteiger partial charge in [0.05, 0.1) is 21.4 Å². The fourth-order valence-corrected chi connectivity index (χ4v) is 2.09. The molecular formula is C15H13N3O2. The Morgan fingerprint density at radius 2 is 2.00 bits per heavy atom. The van der Waals surface area contributed by atoms with Gasteiger partial charge in [-0.25, -0.2) is 0 Å². The van der Waals surface area contributed by atoms with E-state index in [-0.39, 0.29) is 11.3 Å². The van der Waals surface area contributed by atoms with Gasteiger partial charge in [0.25, 0.3) is 5.69 Å². The van der Waals surface area contributed by atoms with Crippen LogP contribution in [0, 0.1) is 21.4 Å². The summed E-state index contributed by atoms with van der Waals surface area (Å²) in [6.07, 6.45) is 1.58. The van der Waals surface area contributed by atoms with Crippen LogP contribution in [0.3, 0.4) is 0 Å². The van der Waals surface area contributed by atoms with Crippen LogP contribution < -0.4 is 0 Å². The van der Waals surface area contributed by atoms with Gasteiger partial charge in [0.15, 0.2) is 0 Å². The van der Waals surface area contributed by atoms with Crippen molar-refractivity contribution in [2.45, 2.75) is 0 Å². The number of nitrogens with zero attached hydrogens (tertiary/aromatic N) is 3. The zero-order valence-corrected chi connectivity index (χ0v) is 11.2. The van der Waals surface area contributed by atoms with Crippen LogP contribution in [0.25, 0.3) is 16.3 Å². The average molecular weight is 267 g/mol. The Kier molecular flexibility index (Phi) is 3.67. The highest BCUT2D eigenvalue weighted by Gasteiger charge is 2.21. The van der Waals surface area contributed by atoms with Gasteiger partial charge in [0, 0.05) is 20.3 Å². The van der Waals surface area contributed by atoms with E-state index in [4.69, 9.17) is 0 Å². The predicted octanol–water partition coefficient (Wildman–Crippen LogP) is 3.17. The first-order valence-electron chi connectivity index (χ1n) is 5.99. The zero-order valence-electron chi connectivity index (χ0n) is 11.2. The van der Waals surface area contributed by atoms with Crippen LogP contribution in [0.2, 0.25) is 0 Å². The summed E-state index contributed by atoms with van der Waals surface area (Å²) in [5, 5.41) is 22.0. The Balaban J connectivity index is 2.80. The number of hydrogen-bond donors (Lipinski definition) is 0. The highest BCUT2D eigenvalue weighted by molar-refractivity contribution is 5.98. The van der Waals surface area contributed by atoms with Crippen LogP contribution in [0.5, 0.6) is 0 Å². The minimum atomic E-state index is -0.432. The van der Waals surface area contributed by atoms with E-state index in [0.29, 0.717) is 10.9 Å². The fraction of sp³-hybridized carbons (Fsp3) is 0.133. The smallest absolute Gasteiger partial charge is 0.285 e. The van der Waals surface area contributed by atoms with E-state index in [0.717, 1.165) is 5.39 Å². The lowest BCUT2D eigenvalue weighted by Crippen LogP contribution is -2.03. The Morgan fingerprint density at radius 1 is 1.30 bits per heavy atom. The van der Waals surface area contributed by atoms with E-state index in [1.807, 2.05) is 18.2 Å². The maximum absolute atomic E-state index is 11.4. The summed E-state index contributed by atoms with van der Waals surface area (Å²) in [6, 6.07) is 12.5. The fourth-order valence-electron chi connectivity index (χ4n) is 2.09. The number of allylic oxidation sites excluding steroid dienone is 1. The minimum Gasteiger partial charge on any atom is -0.382 e. The van der Waals surface area contributed by atoms with E-state index >= 15 is 0 Å². The second kappa shape index (κ2) is 5.41. The second-order valence-electron chi connectivity index (χ2n) is 4.56. The molecule has 0 spiro atoms. The largest absolute Gasteiger partial charge is 0.382 e. The Hall–Kier alpha value is -2.87. The average Bonchev–Trinajstić information content (AvgIpc) is 2.43. The molecule has 0 N–H and O–H groups in total. The van der Waals surface area contributed by atoms with Gasteiger partial charge in [0.1, 0.15) is 6.07 Å². The first-order valence-corrected chi connectivity index (χ1v) is 5.99. The third-order valence-electron chi connectivity index (χ3n) is 2.88. The van der Waals surface area contributed by atoms with Gasteiger partial charge in [-0.1, -0.05) is 24.3 Å². The number of rotatable bonds is 3. The van der Waals surface area contributed by atoms with Crippen molar-refractivity contribution in [3.8, 4) is 6.07 Å². The summed E-state index contributed by atoms with van der Waals surface area (Å²) in [6.45, 7) is 0. The molecule has 0 bridgehead atoms. The van der Waals surface area contributed by atoms with Gasteiger partial charge < -0.3 is 4.90 Å². The molecule has 0 aliphatic heterocycles. The molecule has 20 heavy (non-hydrogen) atoms. The van der Waals surface area contributed by atoms with Crippen LogP contribution in [-0.4, -0.2) is 23.9 Å². The van der Waals surface area contributed by atoms with Crippen molar-refractivity contribution < 1.29 is 4.92 Å². The molecule has 2 aromatic carbocycles. The van der Waals surface area contributed by atoms with Crippen molar-refractivity contribution in [3.63, 3.8) is 0 Å². The van der Waals surface area contributed by atoms with Gasteiger partial charge in [-0.3, -0.25) is 10.1 Å². The molecule has 0 aromatic heterocycles. The molecule has 0 unspecified atom stereocenters. The molecule has 0 radical (unpaired) electrons. The van der Waals surface area contributed by atoms with Crippen molar-refractivity contribution in [3.05, 3.63) is 58.3 Å². The maximum Gasteiger partial charge on any atom is 0.285 e. The summed E-state index contributed by atoms with van der Waals surface area (Å²) < 4.78 is 0. The van der Waals surface area contributed by atoms with Crippen molar-refractivity contribution >= 4 is 22.0 Å². The summed E-state index contributed by atoms with van der Waals surface area (Å²) in [5.41, 5.74) is 0.579. The van der Waals surface area contributed by atoms with Gasteiger partial charge in [0.2, 0.25) is 0 Å². The van der Waals surface area contributed by atoms with Crippen LogP contribution in [-0.2, 0) is 0 Å². The zero-order chi connectivity index (χ0) is 14.7. The van der Waals surface area contributed by atoms with Crippen molar-refractivity contribution in [1.82, 2.24) is 4.90 Å². The molecule has 5 nitrogen and oxygen atoms in total. The van der Waals surface area contributed by atoms with E-state index in [1.165, 1.54) is 0 Å². The lowest BCUT2D eigenvalue weighted by molar-refractivity contribution is -0.383. The molecule has 0 saturated carbocycles. The molecule has 2 rings (SSSR count). The first kappa shape index (κ1) is 13.6. The standard InChI is InChI=1S/C15H13N3O2/c1-17(2)10-12(9-16)14-8-7-11-5-3-4-6-13(11)15(14)18(19)20/h3-8,10H,1-2H3/b12-10+. The molecule has 100 valence electrons. The normalized spacial score (nSPS) is 11.2. The maximum atomic E-state index is 11.4. The third-order valence-corrected chi connectivity index (χ3v) is 2.88. The molecule has 0 aliphatic carbocycles. The number of nitro benzene ring substituents is 1. The van der Waals surface area contributed by atoms with Gasteiger partial charge in [-0.2, -0.15) is 5.26 Å². The number of hydrogen-bond acceptors (Lipinski definition) is 4. The Morgan fingerprint density at radius 3 is 2.60 bits per heavy atom. The summed E-state index contributed by atoms with van der Waals surface area (Å²) in [4.78, 5) is 12.7. The minimum absolute atomic E-state index is 0.0299. The predicted molar refractivity (Wildman–Crippen MR) is 77.9 cm³/mol. The van der Waals surface area contributed by atoms with Crippen molar-refractivity contribution in [1.29, 1.82) is 5.26 Å². The highest BCUT2D eigenvalue weighted by Crippen LogP contribution is 2.33. The lowest BCUT2D eigenvalue weighted by atomic mass is 9.99. The molecule has 0 amide bonds. The van der Waals surface area contributed by atoms with Crippen molar-refractivity contribution in [2.75, 3.05) is 14.1 Å². The lowest BCUT2D eigenvalue weighted by Gasteiger charge is -2.08. The van der Waals surface area contributed by atoms with E-state index in [9.17, 15) is 15.4 Å². The number of nitro groups is 1. The monoisotopic (exact) mass is 267 g/mol.